The van der Waals surface area contributed by atoms with Gasteiger partial charge in [-0.1, -0.05) is 60.7 Å². The minimum atomic E-state index is -3.54. The molecule has 7 nitrogen and oxygen atoms in total. The predicted molar refractivity (Wildman–Crippen MR) is 154 cm³/mol. The molecule has 0 saturated heterocycles. The van der Waals surface area contributed by atoms with Gasteiger partial charge in [0.15, 0.2) is 0 Å². The van der Waals surface area contributed by atoms with Crippen molar-refractivity contribution in [3.63, 3.8) is 0 Å². The maximum Gasteiger partial charge on any atom is 0.242 e. The highest BCUT2D eigenvalue weighted by atomic mass is 35.5. The Bertz CT molecular complexity index is 1230. The molecule has 1 saturated carbocycles. The topological polar surface area (TPSA) is 86.8 Å². The highest BCUT2D eigenvalue weighted by molar-refractivity contribution is 7.92. The van der Waals surface area contributed by atoms with Crippen LogP contribution in [0.5, 0.6) is 0 Å². The van der Waals surface area contributed by atoms with Crippen LogP contribution in [0.4, 0.5) is 5.69 Å². The molecule has 3 rings (SSSR count). The van der Waals surface area contributed by atoms with Crippen molar-refractivity contribution in [1.82, 2.24) is 10.2 Å². The zero-order valence-electron chi connectivity index (χ0n) is 22.3. The monoisotopic (exact) mass is 581 g/mol. The number of amides is 2. The lowest BCUT2D eigenvalue weighted by atomic mass is 9.95. The molecule has 2 aromatic carbocycles. The summed E-state index contributed by atoms with van der Waals surface area (Å²) in [5.74, 6) is -0.451. The number of anilines is 1. The molecule has 0 bridgehead atoms. The Labute approximate surface area is 236 Å². The lowest BCUT2D eigenvalue weighted by molar-refractivity contribution is -0.141. The number of benzene rings is 2. The molecule has 0 heterocycles. The first kappa shape index (κ1) is 30.3. The normalized spacial score (nSPS) is 15.1. The summed E-state index contributed by atoms with van der Waals surface area (Å²) in [6.07, 6.45) is 6.75. The van der Waals surface area contributed by atoms with Crippen LogP contribution in [-0.4, -0.2) is 50.0 Å². The maximum absolute atomic E-state index is 13.5. The molecule has 38 heavy (non-hydrogen) atoms. The number of nitrogens with one attached hydrogen (secondary N) is 1. The van der Waals surface area contributed by atoms with Gasteiger partial charge >= 0.3 is 0 Å². The van der Waals surface area contributed by atoms with Gasteiger partial charge in [0.25, 0.3) is 0 Å². The third-order valence-corrected chi connectivity index (χ3v) is 8.70. The number of carbonyl (C=O) groups excluding carboxylic acids is 2. The Kier molecular flexibility index (Phi) is 10.9. The van der Waals surface area contributed by atoms with Crippen molar-refractivity contribution in [3.05, 3.63) is 63.6 Å². The second-order valence-corrected chi connectivity index (χ2v) is 12.8. The van der Waals surface area contributed by atoms with Crippen molar-refractivity contribution >= 4 is 50.7 Å². The Morgan fingerprint density at radius 1 is 1.08 bits per heavy atom. The van der Waals surface area contributed by atoms with Gasteiger partial charge in [-0.3, -0.25) is 13.9 Å². The molecule has 208 valence electrons. The van der Waals surface area contributed by atoms with Crippen LogP contribution in [0.15, 0.2) is 42.5 Å². The van der Waals surface area contributed by atoms with Gasteiger partial charge in [-0.25, -0.2) is 8.42 Å². The summed E-state index contributed by atoms with van der Waals surface area (Å²) >= 11 is 12.4. The van der Waals surface area contributed by atoms with Crippen molar-refractivity contribution in [2.24, 2.45) is 0 Å². The fourth-order valence-corrected chi connectivity index (χ4v) is 6.20. The van der Waals surface area contributed by atoms with E-state index in [2.05, 4.69) is 5.32 Å². The van der Waals surface area contributed by atoms with E-state index in [1.54, 1.807) is 43.3 Å². The van der Waals surface area contributed by atoms with E-state index in [0.29, 0.717) is 27.7 Å². The molecular weight excluding hydrogens is 545 g/mol. The lowest BCUT2D eigenvalue weighted by Crippen LogP contribution is -2.50. The molecule has 0 unspecified atom stereocenters. The van der Waals surface area contributed by atoms with Gasteiger partial charge < -0.3 is 10.2 Å². The molecule has 1 fully saturated rings. The molecule has 10 heteroatoms. The third-order valence-electron chi connectivity index (χ3n) is 6.92. The van der Waals surface area contributed by atoms with Gasteiger partial charge in [-0.2, -0.15) is 0 Å². The lowest BCUT2D eigenvalue weighted by Gasteiger charge is -2.32. The van der Waals surface area contributed by atoms with E-state index >= 15 is 0 Å². The smallest absolute Gasteiger partial charge is 0.242 e. The van der Waals surface area contributed by atoms with Crippen LogP contribution in [0.2, 0.25) is 10.0 Å². The Morgan fingerprint density at radius 3 is 2.42 bits per heavy atom. The first-order chi connectivity index (χ1) is 18.0. The molecule has 0 spiro atoms. The second kappa shape index (κ2) is 13.7. The maximum atomic E-state index is 13.5. The van der Waals surface area contributed by atoms with Crippen molar-refractivity contribution in [2.75, 3.05) is 17.1 Å². The highest BCUT2D eigenvalue weighted by Crippen LogP contribution is 2.25. The zero-order chi connectivity index (χ0) is 27.9. The van der Waals surface area contributed by atoms with E-state index < -0.39 is 16.1 Å². The zero-order valence-corrected chi connectivity index (χ0v) is 24.6. The van der Waals surface area contributed by atoms with Gasteiger partial charge in [0.05, 0.1) is 11.9 Å². The van der Waals surface area contributed by atoms with Gasteiger partial charge in [0, 0.05) is 35.6 Å². The van der Waals surface area contributed by atoms with E-state index in [0.717, 1.165) is 37.5 Å². The van der Waals surface area contributed by atoms with Gasteiger partial charge in [0.2, 0.25) is 21.8 Å². The number of hydrogen-bond donors (Lipinski definition) is 1. The number of halogens is 2. The van der Waals surface area contributed by atoms with E-state index in [4.69, 9.17) is 23.2 Å². The van der Waals surface area contributed by atoms with Crippen molar-refractivity contribution in [1.29, 1.82) is 0 Å². The minimum Gasteiger partial charge on any atom is -0.352 e. The third kappa shape index (κ3) is 8.61. The molecule has 1 aliphatic carbocycles. The first-order valence-electron chi connectivity index (χ1n) is 13.0. The highest BCUT2D eigenvalue weighted by Gasteiger charge is 2.29. The summed E-state index contributed by atoms with van der Waals surface area (Å²) in [7, 11) is -3.54. The first-order valence-corrected chi connectivity index (χ1v) is 15.6. The van der Waals surface area contributed by atoms with E-state index in [1.165, 1.54) is 15.6 Å². The van der Waals surface area contributed by atoms with E-state index in [-0.39, 0.29) is 37.4 Å². The molecule has 1 aliphatic rings. The summed E-state index contributed by atoms with van der Waals surface area (Å²) in [5.41, 5.74) is 2.18. The predicted octanol–water partition coefficient (Wildman–Crippen LogP) is 5.71. The summed E-state index contributed by atoms with van der Waals surface area (Å²) in [6.45, 7) is 3.90. The molecule has 1 N–H and O–H groups in total. The van der Waals surface area contributed by atoms with Crippen LogP contribution in [0.1, 0.15) is 63.0 Å². The number of nitrogens with zero attached hydrogens (tertiary/aromatic N) is 2. The van der Waals surface area contributed by atoms with Crippen LogP contribution < -0.4 is 9.62 Å². The second-order valence-electron chi connectivity index (χ2n) is 10.1. The Hall–Kier alpha value is -2.29. The molecular formula is C28H37Cl2N3O4S. The van der Waals surface area contributed by atoms with Crippen LogP contribution >= 0.6 is 23.2 Å². The fourth-order valence-electron chi connectivity index (χ4n) is 4.77. The van der Waals surface area contributed by atoms with Gasteiger partial charge in [-0.05, 0) is 68.5 Å². The summed E-state index contributed by atoms with van der Waals surface area (Å²) in [6, 6.07) is 11.7. The Morgan fingerprint density at radius 2 is 1.79 bits per heavy atom. The SMILES string of the molecule is Cc1cccc(N(CCCC(=O)N(Cc2ccc(Cl)cc2Cl)[C@@H](C)C(=O)NC2CCCCC2)S(C)(=O)=O)c1. The number of rotatable bonds is 11. The number of sulfonamides is 1. The quantitative estimate of drug-likeness (QED) is 0.368. The van der Waals surface area contributed by atoms with Gasteiger partial charge in [-0.15, -0.1) is 0 Å². The van der Waals surface area contributed by atoms with E-state index in [9.17, 15) is 18.0 Å². The van der Waals surface area contributed by atoms with Gasteiger partial charge in [0.1, 0.15) is 6.04 Å². The summed E-state index contributed by atoms with van der Waals surface area (Å²) in [4.78, 5) is 28.2. The molecule has 1 atom stereocenters. The summed E-state index contributed by atoms with van der Waals surface area (Å²) < 4.78 is 26.3. The standard InChI is InChI=1S/C28H37Cl2N3O4S/c1-20-9-7-12-25(17-20)33(38(3,36)37)16-8-13-27(34)32(19-22-14-15-23(29)18-26(22)30)21(2)28(35)31-24-10-5-4-6-11-24/h7,9,12,14-15,17-18,21,24H,4-6,8,10-11,13,16,19H2,1-3H3,(H,31,35)/t21-/m0/s1. The number of carbonyl (C=O) groups is 2. The van der Waals surface area contributed by atoms with Crippen molar-refractivity contribution in [3.8, 4) is 0 Å². The van der Waals surface area contributed by atoms with Crippen molar-refractivity contribution < 1.29 is 18.0 Å². The largest absolute Gasteiger partial charge is 0.352 e. The average Bonchev–Trinajstić information content (AvgIpc) is 2.85. The van der Waals surface area contributed by atoms with Crippen molar-refractivity contribution in [2.45, 2.75) is 77.4 Å². The molecule has 0 aliphatic heterocycles. The van der Waals surface area contributed by atoms with E-state index in [1.807, 2.05) is 13.0 Å². The fraction of sp³-hybridized carbons (Fsp3) is 0.500. The van der Waals surface area contributed by atoms with Crippen LogP contribution in [0, 0.1) is 6.92 Å². The number of hydrogen-bond acceptors (Lipinski definition) is 4. The number of aryl methyl sites for hydroxylation is 1. The Balaban J connectivity index is 1.74. The van der Waals surface area contributed by atoms with Crippen LogP contribution in [-0.2, 0) is 26.2 Å². The summed E-state index contributed by atoms with van der Waals surface area (Å²) in [5, 5.41) is 4.01. The molecule has 2 amide bonds. The molecule has 2 aromatic rings. The van der Waals surface area contributed by atoms with Crippen LogP contribution in [0.25, 0.3) is 0 Å². The molecule has 0 radical (unpaired) electrons. The average molecular weight is 583 g/mol. The molecule has 0 aromatic heterocycles. The van der Waals surface area contributed by atoms with Crippen LogP contribution in [0.3, 0.4) is 0 Å². The minimum absolute atomic E-state index is 0.0735.